The molecule has 0 aromatic carbocycles. The van der Waals surface area contributed by atoms with Crippen molar-refractivity contribution in [3.05, 3.63) is 36.5 Å². The van der Waals surface area contributed by atoms with Crippen molar-refractivity contribution in [3.8, 4) is 0 Å². The minimum atomic E-state index is -4.33. The van der Waals surface area contributed by atoms with Gasteiger partial charge in [0.15, 0.2) is 0 Å². The highest BCUT2D eigenvalue weighted by atomic mass is 31.2. The van der Waals surface area contributed by atoms with Crippen LogP contribution < -0.4 is 5.32 Å². The summed E-state index contributed by atoms with van der Waals surface area (Å²) < 4.78 is 23.7. The second-order valence-electron chi connectivity index (χ2n) is 20.3. The van der Waals surface area contributed by atoms with E-state index in [1.807, 2.05) is 21.1 Å². The second kappa shape index (κ2) is 47.8. The molecule has 0 spiro atoms. The molecule has 3 unspecified atom stereocenters. The smallest absolute Gasteiger partial charge is 0.391 e. The lowest BCUT2D eigenvalue weighted by atomic mass is 10.0. The maximum atomic E-state index is 12.9. The number of aliphatic hydroxyl groups is 1. The number of phosphoric ester groups is 1. The third-order valence-corrected chi connectivity index (χ3v) is 13.6. The number of likely N-dealkylation sites (N-methyl/N-ethyl adjacent to an activating group) is 1. The predicted octanol–water partition coefficient (Wildman–Crippen LogP) is 16.6. The van der Waals surface area contributed by atoms with Gasteiger partial charge < -0.3 is 19.8 Å². The van der Waals surface area contributed by atoms with Crippen molar-refractivity contribution in [2.75, 3.05) is 40.9 Å². The Morgan fingerprint density at radius 3 is 1.34 bits per heavy atom. The predicted molar refractivity (Wildman–Crippen MR) is 281 cm³/mol. The van der Waals surface area contributed by atoms with Crippen LogP contribution >= 0.6 is 7.82 Å². The zero-order valence-electron chi connectivity index (χ0n) is 43.7. The number of rotatable bonds is 51. The van der Waals surface area contributed by atoms with Crippen LogP contribution in [0.3, 0.4) is 0 Å². The summed E-state index contributed by atoms with van der Waals surface area (Å²) in [5.74, 6) is -0.171. The molecule has 0 fully saturated rings. The van der Waals surface area contributed by atoms with Crippen molar-refractivity contribution in [2.45, 2.75) is 276 Å². The fourth-order valence-corrected chi connectivity index (χ4v) is 9.03. The van der Waals surface area contributed by atoms with E-state index < -0.39 is 20.0 Å². The standard InChI is InChI=1S/C56H109N2O6P/c1-6-8-10-12-14-16-18-20-21-22-23-24-25-26-27-28-29-30-31-32-33-34-35-36-38-39-41-43-45-47-49-55(59)54(53-64-65(61,62)63-52-51-58(3,4)5)57-56(60)50-48-46-44-42-40-37-19-17-15-13-11-9-7-2/h9,11,15,17,37,40,54-55,59H,6-8,10,12-14,16,18-36,38-39,41-53H2,1-5H3,(H-,57,60,61,62)/p+1/b11-9-,17-15-,40-37-. The molecular weight excluding hydrogens is 828 g/mol. The molecule has 0 bridgehead atoms. The molecule has 1 amide bonds. The van der Waals surface area contributed by atoms with Gasteiger partial charge in [-0.25, -0.2) is 4.57 Å². The molecule has 0 saturated heterocycles. The third kappa shape index (κ3) is 50.4. The maximum absolute atomic E-state index is 12.9. The summed E-state index contributed by atoms with van der Waals surface area (Å²) in [6, 6.07) is -0.776. The van der Waals surface area contributed by atoms with E-state index in [1.165, 1.54) is 173 Å². The molecule has 0 saturated carbocycles. The molecule has 384 valence electrons. The van der Waals surface area contributed by atoms with Gasteiger partial charge in [0.1, 0.15) is 13.2 Å². The van der Waals surface area contributed by atoms with Crippen LogP contribution in [0.1, 0.15) is 264 Å². The quantitative estimate of drug-likeness (QED) is 0.0243. The van der Waals surface area contributed by atoms with E-state index in [9.17, 15) is 19.4 Å². The van der Waals surface area contributed by atoms with E-state index in [-0.39, 0.29) is 19.1 Å². The Balaban J connectivity index is 4.05. The molecule has 0 aliphatic heterocycles. The van der Waals surface area contributed by atoms with Crippen molar-refractivity contribution in [1.29, 1.82) is 0 Å². The summed E-state index contributed by atoms with van der Waals surface area (Å²) in [4.78, 5) is 23.2. The molecule has 3 atom stereocenters. The van der Waals surface area contributed by atoms with Crippen molar-refractivity contribution >= 4 is 13.7 Å². The molecule has 0 heterocycles. The fourth-order valence-electron chi connectivity index (χ4n) is 8.30. The largest absolute Gasteiger partial charge is 0.472 e. The van der Waals surface area contributed by atoms with E-state index in [1.54, 1.807) is 0 Å². The van der Waals surface area contributed by atoms with Gasteiger partial charge in [0.05, 0.1) is 39.9 Å². The molecule has 0 radical (unpaired) electrons. The van der Waals surface area contributed by atoms with Gasteiger partial charge in [0.25, 0.3) is 0 Å². The topological polar surface area (TPSA) is 105 Å². The second-order valence-corrected chi connectivity index (χ2v) is 21.7. The number of amides is 1. The molecule has 0 aromatic rings. The van der Waals surface area contributed by atoms with E-state index in [2.05, 4.69) is 55.6 Å². The van der Waals surface area contributed by atoms with Gasteiger partial charge in [-0.15, -0.1) is 0 Å². The molecule has 8 nitrogen and oxygen atoms in total. The Hall–Kier alpha value is -1.28. The Labute approximate surface area is 404 Å². The number of carbonyl (C=O) groups is 1. The van der Waals surface area contributed by atoms with Gasteiger partial charge in [-0.3, -0.25) is 13.8 Å². The Kier molecular flexibility index (Phi) is 46.8. The van der Waals surface area contributed by atoms with Crippen LogP contribution in [0.25, 0.3) is 0 Å². The van der Waals surface area contributed by atoms with Crippen LogP contribution in [0.15, 0.2) is 36.5 Å². The van der Waals surface area contributed by atoms with Crippen LogP contribution in [-0.2, 0) is 18.4 Å². The summed E-state index contributed by atoms with van der Waals surface area (Å²) >= 11 is 0. The maximum Gasteiger partial charge on any atom is 0.472 e. The SMILES string of the molecule is CC/C=C\C/C=C\C/C=C\CCCCCC(=O)NC(COP(=O)(O)OCC[N+](C)(C)C)C(O)CCCCCCCCCCCCCCCCCCCCCCCCCCCCCCCC. The first-order valence-corrected chi connectivity index (χ1v) is 29.3. The number of carbonyl (C=O) groups excluding carboxylic acids is 1. The van der Waals surface area contributed by atoms with Crippen LogP contribution in [-0.4, -0.2) is 73.4 Å². The minimum Gasteiger partial charge on any atom is -0.391 e. The van der Waals surface area contributed by atoms with E-state index in [0.717, 1.165) is 64.2 Å². The summed E-state index contributed by atoms with van der Waals surface area (Å²) in [7, 11) is 1.60. The number of aliphatic hydroxyl groups excluding tert-OH is 1. The number of hydrogen-bond donors (Lipinski definition) is 3. The Morgan fingerprint density at radius 2 is 0.923 bits per heavy atom. The van der Waals surface area contributed by atoms with Gasteiger partial charge in [-0.2, -0.15) is 0 Å². The number of hydrogen-bond acceptors (Lipinski definition) is 5. The average molecular weight is 938 g/mol. The molecule has 0 rings (SSSR count). The number of unbranched alkanes of at least 4 members (excludes halogenated alkanes) is 32. The van der Waals surface area contributed by atoms with Crippen LogP contribution in [0.4, 0.5) is 0 Å². The third-order valence-electron chi connectivity index (χ3n) is 12.7. The van der Waals surface area contributed by atoms with Crippen molar-refractivity contribution in [1.82, 2.24) is 5.32 Å². The van der Waals surface area contributed by atoms with Gasteiger partial charge in [0.2, 0.25) is 5.91 Å². The van der Waals surface area contributed by atoms with E-state index in [4.69, 9.17) is 9.05 Å². The molecule has 0 aliphatic rings. The summed E-state index contributed by atoms with van der Waals surface area (Å²) in [6.07, 6.45) is 60.8. The number of quaternary nitrogens is 1. The minimum absolute atomic E-state index is 0.0685. The van der Waals surface area contributed by atoms with Crippen LogP contribution in [0.5, 0.6) is 0 Å². The molecule has 9 heteroatoms. The lowest BCUT2D eigenvalue weighted by Gasteiger charge is -2.26. The number of phosphoric acid groups is 1. The molecule has 3 N–H and O–H groups in total. The van der Waals surface area contributed by atoms with Gasteiger partial charge in [0, 0.05) is 6.42 Å². The normalized spacial score (nSPS) is 14.3. The zero-order chi connectivity index (χ0) is 47.8. The lowest BCUT2D eigenvalue weighted by molar-refractivity contribution is -0.870. The number of nitrogens with one attached hydrogen (secondary N) is 1. The number of allylic oxidation sites excluding steroid dienone is 6. The molecule has 65 heavy (non-hydrogen) atoms. The first-order chi connectivity index (χ1) is 31.5. The highest BCUT2D eigenvalue weighted by Crippen LogP contribution is 2.43. The lowest BCUT2D eigenvalue weighted by Crippen LogP contribution is -2.46. The summed E-state index contributed by atoms with van der Waals surface area (Å²) in [6.45, 7) is 4.77. The molecular formula is C56H110N2O6P+. The highest BCUT2D eigenvalue weighted by Gasteiger charge is 2.28. The molecule has 0 aromatic heterocycles. The van der Waals surface area contributed by atoms with Crippen LogP contribution in [0.2, 0.25) is 0 Å². The van der Waals surface area contributed by atoms with Crippen molar-refractivity contribution in [2.24, 2.45) is 0 Å². The summed E-state index contributed by atoms with van der Waals surface area (Å²) in [5, 5.41) is 14.0. The fraction of sp³-hybridized carbons (Fsp3) is 0.875. The van der Waals surface area contributed by atoms with Gasteiger partial charge in [-0.05, 0) is 44.9 Å². The van der Waals surface area contributed by atoms with Crippen molar-refractivity contribution < 1.29 is 32.9 Å². The molecule has 0 aliphatic carbocycles. The van der Waals surface area contributed by atoms with E-state index >= 15 is 0 Å². The van der Waals surface area contributed by atoms with Crippen molar-refractivity contribution in [3.63, 3.8) is 0 Å². The highest BCUT2D eigenvalue weighted by molar-refractivity contribution is 7.47. The monoisotopic (exact) mass is 938 g/mol. The Morgan fingerprint density at radius 1 is 0.538 bits per heavy atom. The Bertz CT molecular complexity index is 1150. The zero-order valence-corrected chi connectivity index (χ0v) is 44.6. The first-order valence-electron chi connectivity index (χ1n) is 27.9. The van der Waals surface area contributed by atoms with Crippen LogP contribution in [0, 0.1) is 0 Å². The first kappa shape index (κ1) is 63.7. The number of nitrogens with zero attached hydrogens (tertiary/aromatic N) is 1. The van der Waals surface area contributed by atoms with Gasteiger partial charge in [-0.1, -0.05) is 249 Å². The average Bonchev–Trinajstić information content (AvgIpc) is 3.26. The van der Waals surface area contributed by atoms with Gasteiger partial charge >= 0.3 is 7.82 Å². The summed E-state index contributed by atoms with van der Waals surface area (Å²) in [5.41, 5.74) is 0. The van der Waals surface area contributed by atoms with E-state index in [0.29, 0.717) is 23.9 Å².